The van der Waals surface area contributed by atoms with Crippen molar-refractivity contribution in [1.82, 2.24) is 9.80 Å². The number of amides is 1. The minimum absolute atomic E-state index is 0.00407. The second-order valence-corrected chi connectivity index (χ2v) is 5.47. The largest absolute Gasteiger partial charge is 0.480 e. The van der Waals surface area contributed by atoms with Crippen LogP contribution >= 0.6 is 0 Å². The normalized spacial score (nSPS) is 15.3. The van der Waals surface area contributed by atoms with Crippen LogP contribution < -0.4 is 0 Å². The van der Waals surface area contributed by atoms with Gasteiger partial charge < -0.3 is 10.0 Å². The molecule has 0 saturated heterocycles. The Morgan fingerprint density at radius 3 is 2.45 bits per heavy atom. The molecule has 0 unspecified atom stereocenters. The standard InChI is InChI=1S/C15H26N2O3/c1-4-17(13-8-6-5-7-9-13)14(18)10-16(12(2)3)11-15(19)20/h8,12H,4-7,9-11H2,1-3H3,(H,19,20). The van der Waals surface area contributed by atoms with Crippen molar-refractivity contribution in [2.45, 2.75) is 52.5 Å². The molecule has 114 valence electrons. The highest BCUT2D eigenvalue weighted by Crippen LogP contribution is 2.21. The third kappa shape index (κ3) is 4.96. The van der Waals surface area contributed by atoms with Crippen LogP contribution in [-0.2, 0) is 9.59 Å². The van der Waals surface area contributed by atoms with Gasteiger partial charge in [0.05, 0.1) is 13.1 Å². The fourth-order valence-electron chi connectivity index (χ4n) is 2.46. The van der Waals surface area contributed by atoms with E-state index in [-0.39, 0.29) is 25.0 Å². The van der Waals surface area contributed by atoms with Crippen molar-refractivity contribution < 1.29 is 14.7 Å². The first-order chi connectivity index (χ1) is 9.45. The van der Waals surface area contributed by atoms with Crippen LogP contribution in [0.15, 0.2) is 11.8 Å². The molecule has 1 rings (SSSR count). The van der Waals surface area contributed by atoms with Gasteiger partial charge in [-0.1, -0.05) is 6.08 Å². The van der Waals surface area contributed by atoms with Crippen LogP contribution in [0.2, 0.25) is 0 Å². The summed E-state index contributed by atoms with van der Waals surface area (Å²) in [5, 5.41) is 8.91. The lowest BCUT2D eigenvalue weighted by molar-refractivity contribution is -0.140. The van der Waals surface area contributed by atoms with E-state index in [1.165, 1.54) is 6.42 Å². The molecule has 0 aromatic carbocycles. The molecule has 0 saturated carbocycles. The van der Waals surface area contributed by atoms with Gasteiger partial charge in [-0.05, 0) is 46.5 Å². The van der Waals surface area contributed by atoms with Crippen LogP contribution in [0, 0.1) is 0 Å². The molecule has 0 bridgehead atoms. The fraction of sp³-hybridized carbons (Fsp3) is 0.733. The Hall–Kier alpha value is -1.36. The zero-order chi connectivity index (χ0) is 15.1. The number of nitrogens with zero attached hydrogens (tertiary/aromatic N) is 2. The predicted molar refractivity (Wildman–Crippen MR) is 78.3 cm³/mol. The Labute approximate surface area is 121 Å². The molecule has 0 aromatic rings. The van der Waals surface area contributed by atoms with Crippen LogP contribution in [0.25, 0.3) is 0 Å². The van der Waals surface area contributed by atoms with E-state index in [1.807, 2.05) is 20.8 Å². The number of likely N-dealkylation sites (N-methyl/N-ethyl adjacent to an activating group) is 1. The topological polar surface area (TPSA) is 60.9 Å². The smallest absolute Gasteiger partial charge is 0.317 e. The average molecular weight is 282 g/mol. The van der Waals surface area contributed by atoms with E-state index in [9.17, 15) is 9.59 Å². The molecule has 5 nitrogen and oxygen atoms in total. The number of rotatable bonds is 7. The van der Waals surface area contributed by atoms with Gasteiger partial charge in [0.1, 0.15) is 0 Å². The molecule has 1 N–H and O–H groups in total. The van der Waals surface area contributed by atoms with Gasteiger partial charge in [0.15, 0.2) is 0 Å². The third-order valence-electron chi connectivity index (χ3n) is 3.64. The van der Waals surface area contributed by atoms with Crippen LogP contribution in [0.3, 0.4) is 0 Å². The molecule has 0 aliphatic heterocycles. The molecule has 0 spiro atoms. The van der Waals surface area contributed by atoms with Crippen LogP contribution in [0.1, 0.15) is 46.5 Å². The maximum absolute atomic E-state index is 12.4. The van der Waals surface area contributed by atoms with E-state index in [0.717, 1.165) is 25.0 Å². The summed E-state index contributed by atoms with van der Waals surface area (Å²) in [6.07, 6.45) is 6.43. The third-order valence-corrected chi connectivity index (χ3v) is 3.64. The summed E-state index contributed by atoms with van der Waals surface area (Å²) in [5.74, 6) is -0.901. The van der Waals surface area contributed by atoms with Crippen LogP contribution in [-0.4, -0.2) is 52.5 Å². The summed E-state index contributed by atoms with van der Waals surface area (Å²) in [4.78, 5) is 26.8. The van der Waals surface area contributed by atoms with Crippen LogP contribution in [0.5, 0.6) is 0 Å². The number of carboxylic acids is 1. The highest BCUT2D eigenvalue weighted by molar-refractivity contribution is 5.81. The molecule has 0 aromatic heterocycles. The van der Waals surface area contributed by atoms with E-state index in [4.69, 9.17) is 5.11 Å². The fourth-order valence-corrected chi connectivity index (χ4v) is 2.46. The quantitative estimate of drug-likeness (QED) is 0.776. The van der Waals surface area contributed by atoms with Crippen molar-refractivity contribution in [3.63, 3.8) is 0 Å². The minimum atomic E-state index is -0.897. The van der Waals surface area contributed by atoms with E-state index in [0.29, 0.717) is 6.54 Å². The molecule has 1 aliphatic carbocycles. The first kappa shape index (κ1) is 16.7. The number of carbonyl (C=O) groups is 2. The lowest BCUT2D eigenvalue weighted by Crippen LogP contribution is -2.44. The predicted octanol–water partition coefficient (Wildman–Crippen LogP) is 2.09. The van der Waals surface area contributed by atoms with Gasteiger partial charge >= 0.3 is 5.97 Å². The van der Waals surface area contributed by atoms with Gasteiger partial charge in [0, 0.05) is 18.3 Å². The van der Waals surface area contributed by atoms with Crippen LogP contribution in [0.4, 0.5) is 0 Å². The molecular formula is C15H26N2O3. The van der Waals surface area contributed by atoms with E-state index in [2.05, 4.69) is 6.08 Å². The van der Waals surface area contributed by atoms with Crippen molar-refractivity contribution in [2.75, 3.05) is 19.6 Å². The second-order valence-electron chi connectivity index (χ2n) is 5.47. The lowest BCUT2D eigenvalue weighted by Gasteiger charge is -2.30. The van der Waals surface area contributed by atoms with Crippen molar-refractivity contribution in [2.24, 2.45) is 0 Å². The maximum Gasteiger partial charge on any atom is 0.317 e. The summed E-state index contributed by atoms with van der Waals surface area (Å²) < 4.78 is 0. The number of carbonyl (C=O) groups excluding carboxylic acids is 1. The molecule has 1 amide bonds. The molecule has 5 heteroatoms. The highest BCUT2D eigenvalue weighted by Gasteiger charge is 2.22. The minimum Gasteiger partial charge on any atom is -0.480 e. The Morgan fingerprint density at radius 1 is 1.30 bits per heavy atom. The molecule has 0 heterocycles. The molecule has 0 radical (unpaired) electrons. The summed E-state index contributed by atoms with van der Waals surface area (Å²) >= 11 is 0. The van der Waals surface area contributed by atoms with Gasteiger partial charge in [-0.25, -0.2) is 0 Å². The van der Waals surface area contributed by atoms with Crippen molar-refractivity contribution in [3.8, 4) is 0 Å². The molecular weight excluding hydrogens is 256 g/mol. The molecule has 0 fully saturated rings. The monoisotopic (exact) mass is 282 g/mol. The summed E-state index contributed by atoms with van der Waals surface area (Å²) in [6, 6.07) is 0.0362. The van der Waals surface area contributed by atoms with Gasteiger partial charge in [0.2, 0.25) is 5.91 Å². The lowest BCUT2D eigenvalue weighted by atomic mass is 10.0. The summed E-state index contributed by atoms with van der Waals surface area (Å²) in [6.45, 7) is 6.49. The molecule has 20 heavy (non-hydrogen) atoms. The van der Waals surface area contributed by atoms with Crippen molar-refractivity contribution >= 4 is 11.9 Å². The zero-order valence-corrected chi connectivity index (χ0v) is 12.8. The number of hydrogen-bond acceptors (Lipinski definition) is 3. The van der Waals surface area contributed by atoms with Gasteiger partial charge in [-0.15, -0.1) is 0 Å². The highest BCUT2D eigenvalue weighted by atomic mass is 16.4. The second kappa shape index (κ2) is 8.04. The first-order valence-electron chi connectivity index (χ1n) is 7.41. The molecule has 0 atom stereocenters. The Morgan fingerprint density at radius 2 is 2.00 bits per heavy atom. The first-order valence-corrected chi connectivity index (χ1v) is 7.41. The Bertz CT molecular complexity index is 377. The number of allylic oxidation sites excluding steroid dienone is 2. The van der Waals surface area contributed by atoms with E-state index in [1.54, 1.807) is 9.80 Å². The number of carboxylic acid groups (broad SMARTS) is 1. The van der Waals surface area contributed by atoms with Crippen molar-refractivity contribution in [1.29, 1.82) is 0 Å². The summed E-state index contributed by atoms with van der Waals surface area (Å²) in [5.41, 5.74) is 1.10. The average Bonchev–Trinajstić information content (AvgIpc) is 2.39. The summed E-state index contributed by atoms with van der Waals surface area (Å²) in [7, 11) is 0. The van der Waals surface area contributed by atoms with Gasteiger partial charge in [-0.3, -0.25) is 14.5 Å². The molecule has 1 aliphatic rings. The van der Waals surface area contributed by atoms with E-state index >= 15 is 0 Å². The Balaban J connectivity index is 2.69. The van der Waals surface area contributed by atoms with Gasteiger partial charge in [0.25, 0.3) is 0 Å². The SMILES string of the molecule is CCN(C(=O)CN(CC(=O)O)C(C)C)C1=CCCCC1. The van der Waals surface area contributed by atoms with Crippen molar-refractivity contribution in [3.05, 3.63) is 11.8 Å². The number of hydrogen-bond donors (Lipinski definition) is 1. The maximum atomic E-state index is 12.4. The Kier molecular flexibility index (Phi) is 6.71. The van der Waals surface area contributed by atoms with E-state index < -0.39 is 5.97 Å². The van der Waals surface area contributed by atoms with Gasteiger partial charge in [-0.2, -0.15) is 0 Å². The zero-order valence-electron chi connectivity index (χ0n) is 12.8. The number of aliphatic carboxylic acids is 1.